The molecule has 2 atom stereocenters. The molecule has 2 amide bonds. The molecular formula is C20H30N2O3. The van der Waals surface area contributed by atoms with Gasteiger partial charge >= 0.3 is 0 Å². The Morgan fingerprint density at radius 1 is 1.16 bits per heavy atom. The van der Waals surface area contributed by atoms with Crippen molar-refractivity contribution in [3.8, 4) is 0 Å². The summed E-state index contributed by atoms with van der Waals surface area (Å²) in [6.45, 7) is 4.06. The number of hydrogen-bond donors (Lipinski definition) is 3. The fourth-order valence-electron chi connectivity index (χ4n) is 3.36. The van der Waals surface area contributed by atoms with Crippen LogP contribution in [0.2, 0.25) is 0 Å². The summed E-state index contributed by atoms with van der Waals surface area (Å²) in [5, 5.41) is 15.8. The van der Waals surface area contributed by atoms with E-state index in [9.17, 15) is 14.7 Å². The molecule has 1 fully saturated rings. The van der Waals surface area contributed by atoms with Gasteiger partial charge in [-0.15, -0.1) is 0 Å². The van der Waals surface area contributed by atoms with Crippen LogP contribution in [0, 0.1) is 11.8 Å². The molecule has 0 heterocycles. The van der Waals surface area contributed by atoms with E-state index in [1.54, 1.807) is 0 Å². The van der Waals surface area contributed by atoms with Crippen molar-refractivity contribution < 1.29 is 14.7 Å². The smallest absolute Gasteiger partial charge is 0.242 e. The van der Waals surface area contributed by atoms with Gasteiger partial charge in [0.05, 0.1) is 12.5 Å². The molecule has 2 unspecified atom stereocenters. The lowest BCUT2D eigenvalue weighted by atomic mass is 10.00. The fourth-order valence-corrected chi connectivity index (χ4v) is 3.36. The Kier molecular flexibility index (Phi) is 7.44. The number of benzene rings is 1. The minimum Gasteiger partial charge on any atom is -0.391 e. The Morgan fingerprint density at radius 2 is 1.80 bits per heavy atom. The van der Waals surface area contributed by atoms with E-state index in [0.717, 1.165) is 31.2 Å². The Hall–Kier alpha value is -1.88. The highest BCUT2D eigenvalue weighted by Crippen LogP contribution is 2.27. The van der Waals surface area contributed by atoms with Crippen LogP contribution in [0.4, 0.5) is 0 Å². The summed E-state index contributed by atoms with van der Waals surface area (Å²) in [7, 11) is 0. The summed E-state index contributed by atoms with van der Waals surface area (Å²) >= 11 is 0. The van der Waals surface area contributed by atoms with Crippen molar-refractivity contribution in [2.45, 2.75) is 58.1 Å². The molecule has 1 saturated carbocycles. The zero-order valence-electron chi connectivity index (χ0n) is 15.2. The summed E-state index contributed by atoms with van der Waals surface area (Å²) in [6.07, 6.45) is 4.11. The summed E-state index contributed by atoms with van der Waals surface area (Å²) in [6, 6.07) is 8.87. The fraction of sp³-hybridized carbons (Fsp3) is 0.600. The largest absolute Gasteiger partial charge is 0.391 e. The molecule has 0 radical (unpaired) electrons. The molecule has 25 heavy (non-hydrogen) atoms. The normalized spacial score (nSPS) is 17.3. The zero-order valence-corrected chi connectivity index (χ0v) is 15.2. The van der Waals surface area contributed by atoms with E-state index < -0.39 is 12.1 Å². The molecule has 138 valence electrons. The topological polar surface area (TPSA) is 78.4 Å². The number of carbonyl (C=O) groups is 2. The molecule has 1 aromatic carbocycles. The molecule has 5 heteroatoms. The lowest BCUT2D eigenvalue weighted by Gasteiger charge is -2.24. The molecular weight excluding hydrogens is 316 g/mol. The first-order valence-corrected chi connectivity index (χ1v) is 9.26. The highest BCUT2D eigenvalue weighted by Gasteiger charge is 2.27. The van der Waals surface area contributed by atoms with E-state index in [-0.39, 0.29) is 36.6 Å². The van der Waals surface area contributed by atoms with E-state index in [1.165, 1.54) is 0 Å². The maximum Gasteiger partial charge on any atom is 0.242 e. The maximum atomic E-state index is 12.5. The highest BCUT2D eigenvalue weighted by molar-refractivity contribution is 5.88. The highest BCUT2D eigenvalue weighted by atomic mass is 16.3. The quantitative estimate of drug-likeness (QED) is 0.674. The van der Waals surface area contributed by atoms with Crippen molar-refractivity contribution in [2.75, 3.05) is 6.54 Å². The van der Waals surface area contributed by atoms with E-state index in [1.807, 2.05) is 44.2 Å². The van der Waals surface area contributed by atoms with Crippen LogP contribution in [0.5, 0.6) is 0 Å². The van der Waals surface area contributed by atoms with Crippen LogP contribution in [0.3, 0.4) is 0 Å². The lowest BCUT2D eigenvalue weighted by Crippen LogP contribution is -2.51. The van der Waals surface area contributed by atoms with Crippen LogP contribution in [-0.4, -0.2) is 35.6 Å². The average Bonchev–Trinajstić information content (AvgIpc) is 3.12. The average molecular weight is 346 g/mol. The second-order valence-electron chi connectivity index (χ2n) is 7.31. The van der Waals surface area contributed by atoms with Gasteiger partial charge in [-0.3, -0.25) is 9.59 Å². The third kappa shape index (κ3) is 6.16. The van der Waals surface area contributed by atoms with Gasteiger partial charge < -0.3 is 15.7 Å². The Labute approximate surface area is 150 Å². The minimum absolute atomic E-state index is 0.0247. The van der Waals surface area contributed by atoms with Crippen molar-refractivity contribution in [3.05, 3.63) is 35.9 Å². The van der Waals surface area contributed by atoms with Crippen LogP contribution in [0.25, 0.3) is 0 Å². The van der Waals surface area contributed by atoms with Crippen LogP contribution in [0.15, 0.2) is 30.3 Å². The molecule has 0 spiro atoms. The maximum absolute atomic E-state index is 12.5. The van der Waals surface area contributed by atoms with Crippen molar-refractivity contribution >= 4 is 11.8 Å². The molecule has 1 aromatic rings. The van der Waals surface area contributed by atoms with E-state index >= 15 is 0 Å². The molecule has 1 aliphatic rings. The number of carbonyl (C=O) groups excluding carboxylic acids is 2. The Morgan fingerprint density at radius 3 is 2.40 bits per heavy atom. The SMILES string of the molecule is CC(C)C(NC(=O)Cc1ccccc1)C(=O)NCC(O)C1CCCC1. The van der Waals surface area contributed by atoms with Gasteiger partial charge in [-0.1, -0.05) is 57.0 Å². The summed E-state index contributed by atoms with van der Waals surface area (Å²) in [5.74, 6) is -0.140. The first kappa shape index (κ1) is 19.4. The molecule has 5 nitrogen and oxygen atoms in total. The first-order valence-electron chi connectivity index (χ1n) is 9.26. The number of hydrogen-bond acceptors (Lipinski definition) is 3. The van der Waals surface area contributed by atoms with Crippen molar-refractivity contribution in [2.24, 2.45) is 11.8 Å². The summed E-state index contributed by atoms with van der Waals surface area (Å²) in [4.78, 5) is 24.7. The number of amides is 2. The standard InChI is InChI=1S/C20H30N2O3/c1-14(2)19(22-18(24)12-15-8-4-3-5-9-15)20(25)21-13-17(23)16-10-6-7-11-16/h3-5,8-9,14,16-17,19,23H,6-7,10-13H2,1-2H3,(H,21,25)(H,22,24). The van der Waals surface area contributed by atoms with Crippen LogP contribution < -0.4 is 10.6 Å². The molecule has 1 aliphatic carbocycles. The minimum atomic E-state index is -0.591. The van der Waals surface area contributed by atoms with Crippen molar-refractivity contribution in [1.29, 1.82) is 0 Å². The number of aliphatic hydroxyl groups is 1. The zero-order chi connectivity index (χ0) is 18.2. The second-order valence-corrected chi connectivity index (χ2v) is 7.31. The molecule has 0 bridgehead atoms. The molecule has 3 N–H and O–H groups in total. The van der Waals surface area contributed by atoms with Gasteiger partial charge in [-0.25, -0.2) is 0 Å². The lowest BCUT2D eigenvalue weighted by molar-refractivity contribution is -0.130. The van der Waals surface area contributed by atoms with Gasteiger partial charge in [0.1, 0.15) is 6.04 Å². The van der Waals surface area contributed by atoms with Crippen LogP contribution in [-0.2, 0) is 16.0 Å². The van der Waals surface area contributed by atoms with Gasteiger partial charge in [0.25, 0.3) is 0 Å². The van der Waals surface area contributed by atoms with E-state index in [4.69, 9.17) is 0 Å². The summed E-state index contributed by atoms with van der Waals surface area (Å²) < 4.78 is 0. The third-order valence-corrected chi connectivity index (χ3v) is 4.90. The number of nitrogens with one attached hydrogen (secondary N) is 2. The predicted octanol–water partition coefficient (Wildman–Crippen LogP) is 2.04. The van der Waals surface area contributed by atoms with E-state index in [0.29, 0.717) is 0 Å². The molecule has 2 rings (SSSR count). The Bertz CT molecular complexity index is 553. The monoisotopic (exact) mass is 346 g/mol. The molecule has 0 aliphatic heterocycles. The molecule has 0 aromatic heterocycles. The van der Waals surface area contributed by atoms with Gasteiger partial charge in [0.2, 0.25) is 11.8 Å². The van der Waals surface area contributed by atoms with Gasteiger partial charge in [-0.2, -0.15) is 0 Å². The van der Waals surface area contributed by atoms with Gasteiger partial charge in [0.15, 0.2) is 0 Å². The van der Waals surface area contributed by atoms with Crippen LogP contribution in [0.1, 0.15) is 45.1 Å². The third-order valence-electron chi connectivity index (χ3n) is 4.90. The van der Waals surface area contributed by atoms with Crippen LogP contribution >= 0.6 is 0 Å². The first-order chi connectivity index (χ1) is 12.0. The van der Waals surface area contributed by atoms with Crippen molar-refractivity contribution in [1.82, 2.24) is 10.6 Å². The van der Waals surface area contributed by atoms with Crippen molar-refractivity contribution in [3.63, 3.8) is 0 Å². The predicted molar refractivity (Wildman–Crippen MR) is 97.9 cm³/mol. The Balaban J connectivity index is 1.83. The van der Waals surface area contributed by atoms with Gasteiger partial charge in [-0.05, 0) is 30.2 Å². The molecule has 0 saturated heterocycles. The summed E-state index contributed by atoms with van der Waals surface area (Å²) in [5.41, 5.74) is 0.916. The second kappa shape index (κ2) is 9.56. The number of rotatable bonds is 8. The van der Waals surface area contributed by atoms with Gasteiger partial charge in [0, 0.05) is 6.54 Å². The number of aliphatic hydroxyl groups excluding tert-OH is 1. The van der Waals surface area contributed by atoms with E-state index in [2.05, 4.69) is 10.6 Å².